The van der Waals surface area contributed by atoms with E-state index in [4.69, 9.17) is 4.98 Å². The number of aromatic nitrogens is 1. The van der Waals surface area contributed by atoms with Crippen molar-refractivity contribution < 1.29 is 9.18 Å². The van der Waals surface area contributed by atoms with Gasteiger partial charge in [0.2, 0.25) is 5.91 Å². The normalized spacial score (nSPS) is 13.2. The van der Waals surface area contributed by atoms with E-state index in [9.17, 15) is 14.4 Å². The third kappa shape index (κ3) is 4.55. The van der Waals surface area contributed by atoms with Gasteiger partial charge in [-0.25, -0.2) is 9.37 Å². The maximum absolute atomic E-state index is 13.0. The number of benzene rings is 1. The van der Waals surface area contributed by atoms with Crippen LogP contribution in [0.25, 0.3) is 10.4 Å². The molecule has 1 aliphatic carbocycles. The number of aryl methyl sites for hydroxylation is 1. The number of thioether (sulfide) groups is 1. The zero-order valence-electron chi connectivity index (χ0n) is 16.3. The SMILES string of the molecule is N#Cc1c(SCC(=O)Nc2ccc(F)cc2)nc2c(c1-c1cccs1)CCCCC2. The van der Waals surface area contributed by atoms with Crippen LogP contribution in [0.2, 0.25) is 0 Å². The predicted octanol–water partition coefficient (Wildman–Crippen LogP) is 5.82. The number of rotatable bonds is 5. The van der Waals surface area contributed by atoms with E-state index in [2.05, 4.69) is 11.4 Å². The molecule has 1 N–H and O–H groups in total. The van der Waals surface area contributed by atoms with Gasteiger partial charge in [0.1, 0.15) is 16.9 Å². The molecule has 152 valence electrons. The molecule has 3 aromatic rings. The molecule has 2 heterocycles. The number of pyridine rings is 1. The molecule has 2 aromatic heterocycles. The molecule has 4 nitrogen and oxygen atoms in total. The maximum atomic E-state index is 13.0. The van der Waals surface area contributed by atoms with Crippen LogP contribution in [0.15, 0.2) is 46.8 Å². The summed E-state index contributed by atoms with van der Waals surface area (Å²) in [4.78, 5) is 18.3. The Bertz CT molecular complexity index is 1090. The smallest absolute Gasteiger partial charge is 0.234 e. The van der Waals surface area contributed by atoms with Gasteiger partial charge < -0.3 is 5.32 Å². The molecule has 0 fully saturated rings. The van der Waals surface area contributed by atoms with Gasteiger partial charge in [-0.1, -0.05) is 24.2 Å². The number of nitrogens with one attached hydrogen (secondary N) is 1. The summed E-state index contributed by atoms with van der Waals surface area (Å²) in [6, 6.07) is 12.0. The maximum Gasteiger partial charge on any atom is 0.234 e. The van der Waals surface area contributed by atoms with Gasteiger partial charge in [0.05, 0.1) is 11.3 Å². The summed E-state index contributed by atoms with van der Waals surface area (Å²) >= 11 is 2.90. The van der Waals surface area contributed by atoms with E-state index in [0.29, 0.717) is 16.3 Å². The second kappa shape index (κ2) is 9.41. The zero-order chi connectivity index (χ0) is 20.9. The van der Waals surface area contributed by atoms with Gasteiger partial charge in [-0.15, -0.1) is 11.3 Å². The Labute approximate surface area is 183 Å². The van der Waals surface area contributed by atoms with Crippen LogP contribution < -0.4 is 5.32 Å². The van der Waals surface area contributed by atoms with Crippen molar-refractivity contribution in [3.8, 4) is 16.5 Å². The van der Waals surface area contributed by atoms with Crippen molar-refractivity contribution >= 4 is 34.7 Å². The van der Waals surface area contributed by atoms with E-state index in [-0.39, 0.29) is 17.5 Å². The molecule has 0 aliphatic heterocycles. The first kappa shape index (κ1) is 20.6. The van der Waals surface area contributed by atoms with Crippen LogP contribution in [0.3, 0.4) is 0 Å². The fourth-order valence-electron chi connectivity index (χ4n) is 3.66. The summed E-state index contributed by atoms with van der Waals surface area (Å²) in [5.41, 5.74) is 4.32. The molecule has 0 saturated carbocycles. The molecule has 0 atom stereocenters. The van der Waals surface area contributed by atoms with E-state index in [0.717, 1.165) is 48.2 Å². The van der Waals surface area contributed by atoms with Crippen molar-refractivity contribution in [1.29, 1.82) is 5.26 Å². The first-order valence-electron chi connectivity index (χ1n) is 9.83. The van der Waals surface area contributed by atoms with Crippen LogP contribution in [-0.4, -0.2) is 16.6 Å². The van der Waals surface area contributed by atoms with Crippen LogP contribution in [0.5, 0.6) is 0 Å². The van der Waals surface area contributed by atoms with Gasteiger partial charge in [-0.05, 0) is 67.0 Å². The van der Waals surface area contributed by atoms with E-state index in [1.807, 2.05) is 17.5 Å². The molecular weight excluding hydrogens is 417 g/mol. The van der Waals surface area contributed by atoms with E-state index < -0.39 is 0 Å². The second-order valence-corrected chi connectivity index (χ2v) is 9.00. The Morgan fingerprint density at radius 3 is 2.73 bits per heavy atom. The Morgan fingerprint density at radius 1 is 1.20 bits per heavy atom. The van der Waals surface area contributed by atoms with E-state index in [1.54, 1.807) is 11.3 Å². The van der Waals surface area contributed by atoms with Crippen molar-refractivity contribution in [2.75, 3.05) is 11.1 Å². The number of anilines is 1. The minimum absolute atomic E-state index is 0.127. The monoisotopic (exact) mass is 437 g/mol. The Hall–Kier alpha value is -2.69. The molecule has 0 unspecified atom stereocenters. The number of hydrogen-bond donors (Lipinski definition) is 1. The van der Waals surface area contributed by atoms with Crippen molar-refractivity contribution in [1.82, 2.24) is 4.98 Å². The first-order chi connectivity index (χ1) is 14.7. The van der Waals surface area contributed by atoms with E-state index in [1.165, 1.54) is 41.6 Å². The lowest BCUT2D eigenvalue weighted by atomic mass is 9.97. The number of nitriles is 1. The molecule has 0 saturated heterocycles. The van der Waals surface area contributed by atoms with Crippen molar-refractivity contribution in [3.63, 3.8) is 0 Å². The molecule has 4 rings (SSSR count). The number of hydrogen-bond acceptors (Lipinski definition) is 5. The van der Waals surface area contributed by atoms with Crippen molar-refractivity contribution in [2.45, 2.75) is 37.1 Å². The Morgan fingerprint density at radius 2 is 2.00 bits per heavy atom. The number of halogens is 1. The van der Waals surface area contributed by atoms with Crippen LogP contribution in [0.1, 0.15) is 36.1 Å². The summed E-state index contributed by atoms with van der Waals surface area (Å²) in [6.07, 6.45) is 5.18. The van der Waals surface area contributed by atoms with Crippen LogP contribution in [-0.2, 0) is 17.6 Å². The Balaban J connectivity index is 1.62. The summed E-state index contributed by atoms with van der Waals surface area (Å²) < 4.78 is 13.0. The van der Waals surface area contributed by atoms with Crippen molar-refractivity contribution in [3.05, 3.63) is 64.4 Å². The van der Waals surface area contributed by atoms with Gasteiger partial charge in [0, 0.05) is 21.8 Å². The Kier molecular flexibility index (Phi) is 6.46. The van der Waals surface area contributed by atoms with E-state index >= 15 is 0 Å². The highest BCUT2D eigenvalue weighted by Crippen LogP contribution is 2.39. The highest BCUT2D eigenvalue weighted by molar-refractivity contribution is 8.00. The van der Waals surface area contributed by atoms with Crippen molar-refractivity contribution in [2.24, 2.45) is 0 Å². The average molecular weight is 438 g/mol. The fraction of sp³-hybridized carbons (Fsp3) is 0.261. The van der Waals surface area contributed by atoms with Crippen LogP contribution >= 0.6 is 23.1 Å². The molecule has 1 amide bonds. The molecular formula is C23H20FN3OS2. The highest BCUT2D eigenvalue weighted by Gasteiger charge is 2.23. The molecule has 0 bridgehead atoms. The van der Waals surface area contributed by atoms with Gasteiger partial charge in [0.25, 0.3) is 0 Å². The minimum atomic E-state index is -0.351. The number of thiophene rings is 1. The first-order valence-corrected chi connectivity index (χ1v) is 11.7. The highest BCUT2D eigenvalue weighted by atomic mass is 32.2. The van der Waals surface area contributed by atoms with Gasteiger partial charge >= 0.3 is 0 Å². The summed E-state index contributed by atoms with van der Waals surface area (Å²) in [5.74, 6) is -0.442. The summed E-state index contributed by atoms with van der Waals surface area (Å²) in [6.45, 7) is 0. The summed E-state index contributed by atoms with van der Waals surface area (Å²) in [7, 11) is 0. The summed E-state index contributed by atoms with van der Waals surface area (Å²) in [5, 5.41) is 15.3. The molecule has 1 aliphatic rings. The predicted molar refractivity (Wildman–Crippen MR) is 119 cm³/mol. The lowest BCUT2D eigenvalue weighted by Gasteiger charge is -2.16. The third-order valence-corrected chi connectivity index (χ3v) is 6.90. The average Bonchev–Trinajstić information content (AvgIpc) is 3.18. The van der Waals surface area contributed by atoms with Gasteiger partial charge in [0.15, 0.2) is 0 Å². The standard InChI is InChI=1S/C23H20FN3OS2/c24-15-8-10-16(11-9-15)26-21(28)14-30-23-18(13-25)22(20-7-4-12-29-20)17-5-2-1-3-6-19(17)27-23/h4,7-12H,1-3,5-6,14H2,(H,26,28). The number of nitrogens with zero attached hydrogens (tertiary/aromatic N) is 2. The quantitative estimate of drug-likeness (QED) is 0.403. The third-order valence-electron chi connectivity index (χ3n) is 5.04. The molecule has 0 spiro atoms. The van der Waals surface area contributed by atoms with Gasteiger partial charge in [-0.2, -0.15) is 5.26 Å². The largest absolute Gasteiger partial charge is 0.325 e. The lowest BCUT2D eigenvalue weighted by Crippen LogP contribution is -2.14. The zero-order valence-corrected chi connectivity index (χ0v) is 17.9. The molecule has 0 radical (unpaired) electrons. The molecule has 7 heteroatoms. The molecule has 30 heavy (non-hydrogen) atoms. The lowest BCUT2D eigenvalue weighted by molar-refractivity contribution is -0.113. The van der Waals surface area contributed by atoms with Crippen LogP contribution in [0, 0.1) is 17.1 Å². The topological polar surface area (TPSA) is 65.8 Å². The van der Waals surface area contributed by atoms with Crippen LogP contribution in [0.4, 0.5) is 10.1 Å². The van der Waals surface area contributed by atoms with Gasteiger partial charge in [-0.3, -0.25) is 4.79 Å². The fourth-order valence-corrected chi connectivity index (χ4v) is 5.27. The number of carbonyl (C=O) groups excluding carboxylic acids is 1. The molecule has 1 aromatic carbocycles. The number of amides is 1. The minimum Gasteiger partial charge on any atom is -0.325 e. The second-order valence-electron chi connectivity index (χ2n) is 7.09. The number of carbonyl (C=O) groups is 1. The number of fused-ring (bicyclic) bond motifs is 1.